The molecule has 3 aliphatic rings. The van der Waals surface area contributed by atoms with Gasteiger partial charge in [0.1, 0.15) is 73.2 Å². The standard InChI is InChI=1S/C60H113NO18/c1-3-5-7-8-9-10-11-12-13-14-15-16-17-18-19-20-21-22-23-24-25-26-27-28-29-30-31-32-33-34-36-37-44(65)43(61-48(66)38-35-6-4-2)42-74-58-54(72)51(69)56(46(40-63)76-58)79-60-55(73)52(70)57(47(41-64)77-60)78-59-53(71)50(68)49(67)45(39-62)75-59/h36-37,43-47,49-60,62-65,67-73H,3-35,38-42H2,1-2H3,(H,61,66)/b37-36+. The van der Waals surface area contributed by atoms with Gasteiger partial charge in [-0.15, -0.1) is 0 Å². The van der Waals surface area contributed by atoms with Crippen molar-refractivity contribution in [2.45, 2.75) is 336 Å². The van der Waals surface area contributed by atoms with Crippen LogP contribution in [0, 0.1) is 0 Å². The lowest BCUT2D eigenvalue weighted by atomic mass is 9.96. The number of nitrogens with one attached hydrogen (secondary N) is 1. The zero-order chi connectivity index (χ0) is 57.6. The Morgan fingerprint density at radius 2 is 0.785 bits per heavy atom. The van der Waals surface area contributed by atoms with Crippen molar-refractivity contribution in [2.24, 2.45) is 0 Å². The van der Waals surface area contributed by atoms with Crippen LogP contribution in [-0.4, -0.2) is 193 Å². The van der Waals surface area contributed by atoms with Crippen LogP contribution in [0.2, 0.25) is 0 Å². The summed E-state index contributed by atoms with van der Waals surface area (Å²) in [7, 11) is 0. The smallest absolute Gasteiger partial charge is 0.220 e. The summed E-state index contributed by atoms with van der Waals surface area (Å²) in [6, 6.07) is -0.964. The number of carbonyl (C=O) groups is 1. The van der Waals surface area contributed by atoms with E-state index in [-0.39, 0.29) is 18.9 Å². The Bertz CT molecular complexity index is 1500. The van der Waals surface area contributed by atoms with E-state index in [4.69, 9.17) is 28.4 Å². The van der Waals surface area contributed by atoms with E-state index in [0.717, 1.165) is 38.5 Å². The van der Waals surface area contributed by atoms with Crippen molar-refractivity contribution in [3.8, 4) is 0 Å². The average molecular weight is 1140 g/mol. The number of aliphatic hydroxyl groups excluding tert-OH is 11. The first-order valence-corrected chi connectivity index (χ1v) is 31.4. The predicted octanol–water partition coefficient (Wildman–Crippen LogP) is 6.16. The second-order valence-electron chi connectivity index (χ2n) is 22.9. The summed E-state index contributed by atoms with van der Waals surface area (Å²) < 4.78 is 34.0. The third-order valence-electron chi connectivity index (χ3n) is 16.1. The van der Waals surface area contributed by atoms with E-state index in [0.29, 0.717) is 6.42 Å². The highest BCUT2D eigenvalue weighted by Crippen LogP contribution is 2.33. The molecule has 3 fully saturated rings. The molecule has 3 heterocycles. The van der Waals surface area contributed by atoms with E-state index >= 15 is 0 Å². The van der Waals surface area contributed by atoms with Crippen molar-refractivity contribution in [1.82, 2.24) is 5.32 Å². The SMILES string of the molecule is CCCCCCCCCCCCCCCCCCCCCCCCCCCCCCC/C=C/C(O)C(COC1OC(CO)C(OC2OC(CO)C(OC3OC(CO)C(O)C(O)C3O)C(O)C2O)C(O)C1O)NC(=O)CCCCC. The molecule has 0 aromatic carbocycles. The van der Waals surface area contributed by atoms with Gasteiger partial charge in [0.15, 0.2) is 18.9 Å². The predicted molar refractivity (Wildman–Crippen MR) is 300 cm³/mol. The van der Waals surface area contributed by atoms with Gasteiger partial charge in [-0.25, -0.2) is 0 Å². The molecule has 0 aromatic rings. The Hall–Kier alpha value is -1.47. The number of amides is 1. The van der Waals surface area contributed by atoms with Crippen LogP contribution in [0.15, 0.2) is 12.2 Å². The largest absolute Gasteiger partial charge is 0.394 e. The third kappa shape index (κ3) is 27.9. The normalized spacial score (nSPS) is 30.3. The highest BCUT2D eigenvalue weighted by molar-refractivity contribution is 5.76. The molecule has 0 saturated carbocycles. The molecule has 0 aromatic heterocycles. The van der Waals surface area contributed by atoms with Gasteiger partial charge in [-0.2, -0.15) is 0 Å². The van der Waals surface area contributed by atoms with E-state index < -0.39 is 124 Å². The molecule has 17 atom stereocenters. The number of rotatable bonds is 47. The fraction of sp³-hybridized carbons (Fsp3) is 0.950. The molecular formula is C60H113NO18. The quantitative estimate of drug-likeness (QED) is 0.0240. The molecule has 0 radical (unpaired) electrons. The van der Waals surface area contributed by atoms with Gasteiger partial charge in [0.05, 0.1) is 38.6 Å². The van der Waals surface area contributed by atoms with Gasteiger partial charge in [-0.05, 0) is 19.3 Å². The highest BCUT2D eigenvalue weighted by Gasteiger charge is 2.53. The Morgan fingerprint density at radius 1 is 0.443 bits per heavy atom. The number of aliphatic hydroxyl groups is 11. The third-order valence-corrected chi connectivity index (χ3v) is 16.1. The molecule has 3 rings (SSSR count). The molecule has 3 aliphatic heterocycles. The maximum absolute atomic E-state index is 12.9. The summed E-state index contributed by atoms with van der Waals surface area (Å²) in [5.41, 5.74) is 0. The molecular weight excluding hydrogens is 1020 g/mol. The first kappa shape index (κ1) is 71.8. The monoisotopic (exact) mass is 1140 g/mol. The summed E-state index contributed by atoms with van der Waals surface area (Å²) in [5, 5.41) is 119. The second-order valence-corrected chi connectivity index (χ2v) is 22.9. The van der Waals surface area contributed by atoms with Gasteiger partial charge >= 0.3 is 0 Å². The lowest BCUT2D eigenvalue weighted by Gasteiger charge is -2.48. The molecule has 3 saturated heterocycles. The Labute approximate surface area is 474 Å². The van der Waals surface area contributed by atoms with E-state index in [9.17, 15) is 61.0 Å². The van der Waals surface area contributed by atoms with Crippen LogP contribution in [0.3, 0.4) is 0 Å². The zero-order valence-corrected chi connectivity index (χ0v) is 48.6. The molecule has 466 valence electrons. The maximum atomic E-state index is 12.9. The summed E-state index contributed by atoms with van der Waals surface area (Å²) >= 11 is 0. The lowest BCUT2D eigenvalue weighted by Crippen LogP contribution is -2.66. The molecule has 0 spiro atoms. The molecule has 0 bridgehead atoms. The number of hydrogen-bond donors (Lipinski definition) is 12. The van der Waals surface area contributed by atoms with Crippen LogP contribution in [0.25, 0.3) is 0 Å². The van der Waals surface area contributed by atoms with Crippen LogP contribution in [0.5, 0.6) is 0 Å². The van der Waals surface area contributed by atoms with Crippen LogP contribution in [0.1, 0.15) is 232 Å². The Morgan fingerprint density at radius 3 is 1.19 bits per heavy atom. The molecule has 12 N–H and O–H groups in total. The van der Waals surface area contributed by atoms with Crippen molar-refractivity contribution in [3.05, 3.63) is 12.2 Å². The fourth-order valence-electron chi connectivity index (χ4n) is 10.9. The van der Waals surface area contributed by atoms with Crippen LogP contribution < -0.4 is 5.32 Å². The molecule has 1 amide bonds. The van der Waals surface area contributed by atoms with Gasteiger partial charge in [0.25, 0.3) is 0 Å². The van der Waals surface area contributed by atoms with Crippen molar-refractivity contribution in [3.63, 3.8) is 0 Å². The van der Waals surface area contributed by atoms with E-state index in [1.165, 1.54) is 167 Å². The van der Waals surface area contributed by atoms with Gasteiger partial charge in [-0.1, -0.05) is 219 Å². The number of hydrogen-bond acceptors (Lipinski definition) is 18. The van der Waals surface area contributed by atoms with E-state index in [1.54, 1.807) is 6.08 Å². The van der Waals surface area contributed by atoms with Crippen molar-refractivity contribution >= 4 is 5.91 Å². The van der Waals surface area contributed by atoms with E-state index in [2.05, 4.69) is 12.2 Å². The summed E-state index contributed by atoms with van der Waals surface area (Å²) in [6.07, 6.45) is 19.3. The van der Waals surface area contributed by atoms with E-state index in [1.807, 2.05) is 13.0 Å². The average Bonchev–Trinajstić information content (AvgIpc) is 3.49. The summed E-state index contributed by atoms with van der Waals surface area (Å²) in [6.45, 7) is 1.54. The minimum Gasteiger partial charge on any atom is -0.394 e. The lowest BCUT2D eigenvalue weighted by molar-refractivity contribution is -0.379. The Kier molecular flexibility index (Phi) is 40.1. The van der Waals surface area contributed by atoms with Crippen molar-refractivity contribution in [1.29, 1.82) is 0 Å². The first-order valence-electron chi connectivity index (χ1n) is 31.4. The summed E-state index contributed by atoms with van der Waals surface area (Å²) in [5.74, 6) is -0.299. The first-order chi connectivity index (χ1) is 38.3. The van der Waals surface area contributed by atoms with Gasteiger partial charge in [0, 0.05) is 6.42 Å². The molecule has 19 heteroatoms. The Balaban J connectivity index is 1.30. The van der Waals surface area contributed by atoms with Crippen molar-refractivity contribution in [2.75, 3.05) is 26.4 Å². The number of carbonyl (C=O) groups excluding carboxylic acids is 1. The van der Waals surface area contributed by atoms with Gasteiger partial charge in [-0.3, -0.25) is 4.79 Å². The minimum atomic E-state index is -1.97. The molecule has 17 unspecified atom stereocenters. The van der Waals surface area contributed by atoms with Crippen LogP contribution >= 0.6 is 0 Å². The van der Waals surface area contributed by atoms with Crippen LogP contribution in [0.4, 0.5) is 0 Å². The zero-order valence-electron chi connectivity index (χ0n) is 48.6. The van der Waals surface area contributed by atoms with Crippen LogP contribution in [-0.2, 0) is 33.2 Å². The topological polar surface area (TPSA) is 307 Å². The maximum Gasteiger partial charge on any atom is 0.220 e. The van der Waals surface area contributed by atoms with Crippen molar-refractivity contribution < 1.29 is 89.4 Å². The number of unbranched alkanes of at least 4 members (excludes halogenated alkanes) is 31. The highest BCUT2D eigenvalue weighted by atomic mass is 16.8. The number of ether oxygens (including phenoxy) is 6. The van der Waals surface area contributed by atoms with Gasteiger partial charge in [0.2, 0.25) is 5.91 Å². The molecule has 19 nitrogen and oxygen atoms in total. The molecule has 0 aliphatic carbocycles. The summed E-state index contributed by atoms with van der Waals surface area (Å²) in [4.78, 5) is 12.9. The fourth-order valence-corrected chi connectivity index (χ4v) is 10.9. The van der Waals surface area contributed by atoms with Gasteiger partial charge < -0.3 is 89.9 Å². The number of allylic oxidation sites excluding steroid dienone is 1. The molecule has 79 heavy (non-hydrogen) atoms. The second kappa shape index (κ2) is 44.1. The minimum absolute atomic E-state index is 0.231.